The average molecular weight is 302 g/mol. The van der Waals surface area contributed by atoms with Crippen molar-refractivity contribution < 1.29 is 0 Å². The highest BCUT2D eigenvalue weighted by Gasteiger charge is 2.29. The van der Waals surface area contributed by atoms with Gasteiger partial charge in [-0.2, -0.15) is 23.5 Å². The van der Waals surface area contributed by atoms with Crippen molar-refractivity contribution in [3.8, 4) is 0 Å². The summed E-state index contributed by atoms with van der Waals surface area (Å²) in [4.78, 5) is 4.73. The van der Waals surface area contributed by atoms with E-state index in [1.165, 1.54) is 18.6 Å². The first kappa shape index (κ1) is 16.8. The molecule has 0 aliphatic carbocycles. The molecule has 0 spiro atoms. The van der Waals surface area contributed by atoms with Gasteiger partial charge in [-0.1, -0.05) is 6.08 Å². The van der Waals surface area contributed by atoms with E-state index < -0.39 is 0 Å². The summed E-state index contributed by atoms with van der Waals surface area (Å²) in [6.07, 6.45) is 4.57. The summed E-state index contributed by atoms with van der Waals surface area (Å²) in [5.41, 5.74) is 0. The molecule has 3 nitrogen and oxygen atoms in total. The second-order valence-electron chi connectivity index (χ2n) is 4.89. The third kappa shape index (κ3) is 7.16. The van der Waals surface area contributed by atoms with E-state index in [-0.39, 0.29) is 0 Å². The van der Waals surface area contributed by atoms with Crippen LogP contribution in [0.25, 0.3) is 0 Å². The molecule has 110 valence electrons. The summed E-state index contributed by atoms with van der Waals surface area (Å²) in [5, 5.41) is 6.71. The highest BCUT2D eigenvalue weighted by molar-refractivity contribution is 8.00. The van der Waals surface area contributed by atoms with Gasteiger partial charge in [-0.15, -0.1) is 6.58 Å². The highest BCUT2D eigenvalue weighted by Crippen LogP contribution is 2.37. The Balaban J connectivity index is 2.31. The van der Waals surface area contributed by atoms with Crippen molar-refractivity contribution in [1.82, 2.24) is 10.6 Å². The fourth-order valence-electron chi connectivity index (χ4n) is 1.96. The lowest BCUT2D eigenvalue weighted by Crippen LogP contribution is -2.39. The Bertz CT molecular complexity index is 286. The summed E-state index contributed by atoms with van der Waals surface area (Å²) >= 11 is 3.95. The number of thioether (sulfide) groups is 2. The van der Waals surface area contributed by atoms with E-state index in [0.717, 1.165) is 37.1 Å². The van der Waals surface area contributed by atoms with Crippen LogP contribution in [0.15, 0.2) is 17.6 Å². The first-order valence-corrected chi connectivity index (χ1v) is 9.19. The maximum absolute atomic E-state index is 4.73. The minimum absolute atomic E-state index is 0.347. The van der Waals surface area contributed by atoms with Gasteiger partial charge < -0.3 is 10.6 Å². The fraction of sp³-hybridized carbons (Fsp3) is 0.786. The molecular formula is C14H27N3S2. The Labute approximate surface area is 126 Å². The van der Waals surface area contributed by atoms with Crippen molar-refractivity contribution in [1.29, 1.82) is 0 Å². The lowest BCUT2D eigenvalue weighted by Gasteiger charge is -2.21. The molecule has 0 aromatic heterocycles. The zero-order valence-electron chi connectivity index (χ0n) is 12.2. The van der Waals surface area contributed by atoms with Gasteiger partial charge in [0.05, 0.1) is 6.54 Å². The standard InChI is InChI=1S/C14H27N3S2/c1-4-9-18-11-8-16-13(15-5-2)17-12-14(3)7-6-10-19-14/h4H,1,5-12H2,2-3H3,(H2,15,16,17). The molecule has 2 N–H and O–H groups in total. The van der Waals surface area contributed by atoms with Gasteiger partial charge in [-0.05, 0) is 32.4 Å². The van der Waals surface area contributed by atoms with E-state index >= 15 is 0 Å². The van der Waals surface area contributed by atoms with E-state index in [4.69, 9.17) is 4.99 Å². The van der Waals surface area contributed by atoms with Crippen LogP contribution in [0.4, 0.5) is 0 Å². The highest BCUT2D eigenvalue weighted by atomic mass is 32.2. The third-order valence-electron chi connectivity index (χ3n) is 2.99. The summed E-state index contributed by atoms with van der Waals surface area (Å²) in [6, 6.07) is 0. The van der Waals surface area contributed by atoms with E-state index in [9.17, 15) is 0 Å². The van der Waals surface area contributed by atoms with Gasteiger partial charge in [0.25, 0.3) is 0 Å². The number of nitrogens with zero attached hydrogens (tertiary/aromatic N) is 1. The van der Waals surface area contributed by atoms with Gasteiger partial charge in [-0.3, -0.25) is 4.99 Å². The predicted molar refractivity (Wildman–Crippen MR) is 91.6 cm³/mol. The van der Waals surface area contributed by atoms with Crippen molar-refractivity contribution in [3.05, 3.63) is 12.7 Å². The molecule has 1 aliphatic heterocycles. The summed E-state index contributed by atoms with van der Waals surface area (Å²) < 4.78 is 0.347. The molecule has 0 amide bonds. The summed E-state index contributed by atoms with van der Waals surface area (Å²) in [7, 11) is 0. The maximum atomic E-state index is 4.73. The minimum Gasteiger partial charge on any atom is -0.357 e. The zero-order valence-corrected chi connectivity index (χ0v) is 13.8. The monoisotopic (exact) mass is 301 g/mol. The normalized spacial score (nSPS) is 23.4. The van der Waals surface area contributed by atoms with Crippen LogP contribution in [-0.4, -0.2) is 47.6 Å². The Morgan fingerprint density at radius 3 is 3.00 bits per heavy atom. The van der Waals surface area contributed by atoms with Crippen LogP contribution in [-0.2, 0) is 0 Å². The minimum atomic E-state index is 0.347. The molecule has 19 heavy (non-hydrogen) atoms. The van der Waals surface area contributed by atoms with Crippen molar-refractivity contribution in [2.45, 2.75) is 31.4 Å². The number of rotatable bonds is 8. The lowest BCUT2D eigenvalue weighted by molar-refractivity contribution is 0.615. The number of nitrogens with one attached hydrogen (secondary N) is 2. The Morgan fingerprint density at radius 2 is 2.37 bits per heavy atom. The lowest BCUT2D eigenvalue weighted by atomic mass is 10.1. The Hall–Kier alpha value is -0.290. The van der Waals surface area contributed by atoms with Crippen LogP contribution >= 0.6 is 23.5 Å². The van der Waals surface area contributed by atoms with Crippen LogP contribution in [0.2, 0.25) is 0 Å². The number of hydrogen-bond donors (Lipinski definition) is 2. The van der Waals surface area contributed by atoms with Gasteiger partial charge in [0, 0.05) is 29.3 Å². The average Bonchev–Trinajstić information content (AvgIpc) is 2.83. The first-order valence-electron chi connectivity index (χ1n) is 7.05. The van der Waals surface area contributed by atoms with E-state index in [2.05, 4.69) is 42.8 Å². The molecule has 0 aromatic carbocycles. The van der Waals surface area contributed by atoms with Crippen molar-refractivity contribution in [3.63, 3.8) is 0 Å². The summed E-state index contributed by atoms with van der Waals surface area (Å²) in [5.74, 6) is 4.34. The van der Waals surface area contributed by atoms with Gasteiger partial charge in [-0.25, -0.2) is 0 Å². The van der Waals surface area contributed by atoms with Crippen LogP contribution in [0, 0.1) is 0 Å². The predicted octanol–water partition coefficient (Wildman–Crippen LogP) is 2.75. The number of hydrogen-bond acceptors (Lipinski definition) is 3. The first-order chi connectivity index (χ1) is 9.20. The molecule has 1 unspecified atom stereocenters. The van der Waals surface area contributed by atoms with Gasteiger partial charge in [0.2, 0.25) is 0 Å². The second-order valence-corrected chi connectivity index (χ2v) is 7.72. The molecule has 1 atom stereocenters. The van der Waals surface area contributed by atoms with Gasteiger partial charge >= 0.3 is 0 Å². The van der Waals surface area contributed by atoms with E-state index in [0.29, 0.717) is 4.75 Å². The van der Waals surface area contributed by atoms with Crippen LogP contribution in [0.1, 0.15) is 26.7 Å². The topological polar surface area (TPSA) is 36.4 Å². The van der Waals surface area contributed by atoms with Crippen molar-refractivity contribution >= 4 is 29.5 Å². The molecular weight excluding hydrogens is 274 g/mol. The van der Waals surface area contributed by atoms with Crippen LogP contribution in [0.3, 0.4) is 0 Å². The van der Waals surface area contributed by atoms with Gasteiger partial charge in [0.15, 0.2) is 5.96 Å². The van der Waals surface area contributed by atoms with E-state index in [1.54, 1.807) is 0 Å². The second kappa shape index (κ2) is 9.59. The van der Waals surface area contributed by atoms with Gasteiger partial charge in [0.1, 0.15) is 0 Å². The molecule has 0 bridgehead atoms. The molecule has 0 aromatic rings. The van der Waals surface area contributed by atoms with Crippen molar-refractivity contribution in [2.75, 3.05) is 36.9 Å². The zero-order chi connectivity index (χ0) is 14.0. The smallest absolute Gasteiger partial charge is 0.191 e. The Kier molecular flexibility index (Phi) is 8.46. The largest absolute Gasteiger partial charge is 0.357 e. The molecule has 0 radical (unpaired) electrons. The maximum Gasteiger partial charge on any atom is 0.191 e. The fourth-order valence-corrected chi connectivity index (χ4v) is 3.76. The molecule has 1 heterocycles. The van der Waals surface area contributed by atoms with Crippen LogP contribution in [0.5, 0.6) is 0 Å². The molecule has 1 fully saturated rings. The quantitative estimate of drug-likeness (QED) is 0.313. The van der Waals surface area contributed by atoms with E-state index in [1.807, 2.05) is 17.8 Å². The number of aliphatic imine (C=N–C) groups is 1. The molecule has 1 saturated heterocycles. The van der Waals surface area contributed by atoms with Crippen LogP contribution < -0.4 is 10.6 Å². The molecule has 0 saturated carbocycles. The van der Waals surface area contributed by atoms with Crippen molar-refractivity contribution in [2.24, 2.45) is 4.99 Å². The summed E-state index contributed by atoms with van der Waals surface area (Å²) in [6.45, 7) is 10.9. The molecule has 5 heteroatoms. The number of guanidine groups is 1. The molecule has 1 aliphatic rings. The Morgan fingerprint density at radius 1 is 1.53 bits per heavy atom. The molecule has 1 rings (SSSR count). The third-order valence-corrected chi connectivity index (χ3v) is 5.48. The SMILES string of the molecule is C=CCSCCNC(=NCC1(C)CCCS1)NCC.